The molecule has 0 aromatic heterocycles. The molecule has 2 aromatic carbocycles. The summed E-state index contributed by atoms with van der Waals surface area (Å²) in [6, 6.07) is 14.8. The first-order chi connectivity index (χ1) is 13.1. The van der Waals surface area contributed by atoms with E-state index in [9.17, 15) is 9.59 Å². The Bertz CT molecular complexity index is 853. The molecule has 0 spiro atoms. The number of carbonyl (C=O) groups excluding carboxylic acids is 2. The lowest BCUT2D eigenvalue weighted by molar-refractivity contribution is -0.140. The van der Waals surface area contributed by atoms with Gasteiger partial charge in [-0.25, -0.2) is 0 Å². The molecule has 1 N–H and O–H groups in total. The van der Waals surface area contributed by atoms with Crippen LogP contribution in [0, 0.1) is 5.92 Å². The number of ether oxygens (including phenoxy) is 2. The van der Waals surface area contributed by atoms with Crippen molar-refractivity contribution in [3.05, 3.63) is 54.1 Å². The number of fused-ring (bicyclic) bond motifs is 1. The molecular formula is C21H22N2O4. The van der Waals surface area contributed by atoms with Crippen molar-refractivity contribution in [3.63, 3.8) is 0 Å². The van der Waals surface area contributed by atoms with Crippen molar-refractivity contribution in [1.29, 1.82) is 0 Å². The van der Waals surface area contributed by atoms with Gasteiger partial charge in [0.2, 0.25) is 11.8 Å². The molecule has 6 nitrogen and oxygen atoms in total. The molecule has 6 heteroatoms. The smallest absolute Gasteiger partial charge is 0.229 e. The van der Waals surface area contributed by atoms with E-state index in [0.29, 0.717) is 43.2 Å². The van der Waals surface area contributed by atoms with Crippen LogP contribution in [0.2, 0.25) is 0 Å². The van der Waals surface area contributed by atoms with Gasteiger partial charge in [-0.05, 0) is 24.1 Å². The molecule has 2 amide bonds. The first kappa shape index (κ1) is 17.4. The zero-order valence-electron chi connectivity index (χ0n) is 15.2. The first-order valence-corrected chi connectivity index (χ1v) is 9.14. The molecule has 4 rings (SSSR count). The number of piperidine rings is 1. The van der Waals surface area contributed by atoms with Crippen LogP contribution in [-0.4, -0.2) is 37.0 Å². The fourth-order valence-corrected chi connectivity index (χ4v) is 3.77. The van der Waals surface area contributed by atoms with E-state index in [0.717, 1.165) is 5.56 Å². The van der Waals surface area contributed by atoms with Crippen molar-refractivity contribution >= 4 is 17.5 Å². The van der Waals surface area contributed by atoms with Crippen LogP contribution in [0.15, 0.2) is 48.5 Å². The maximum absolute atomic E-state index is 13.1. The van der Waals surface area contributed by atoms with Crippen LogP contribution in [-0.2, 0) is 9.59 Å². The summed E-state index contributed by atoms with van der Waals surface area (Å²) in [4.78, 5) is 27.0. The van der Waals surface area contributed by atoms with Crippen molar-refractivity contribution in [2.45, 2.75) is 18.9 Å². The van der Waals surface area contributed by atoms with E-state index in [2.05, 4.69) is 5.32 Å². The first-order valence-electron chi connectivity index (χ1n) is 9.14. The summed E-state index contributed by atoms with van der Waals surface area (Å²) in [5.41, 5.74) is 1.63. The Kier molecular flexibility index (Phi) is 4.71. The lowest BCUT2D eigenvalue weighted by Crippen LogP contribution is -2.44. The summed E-state index contributed by atoms with van der Waals surface area (Å²) >= 11 is 0. The molecular weight excluding hydrogens is 344 g/mol. The summed E-state index contributed by atoms with van der Waals surface area (Å²) < 4.78 is 11.1. The molecule has 0 unspecified atom stereocenters. The topological polar surface area (TPSA) is 67.9 Å². The highest BCUT2D eigenvalue weighted by molar-refractivity contribution is 5.95. The third kappa shape index (κ3) is 3.47. The van der Waals surface area contributed by atoms with E-state index in [1.165, 1.54) is 0 Å². The van der Waals surface area contributed by atoms with Crippen LogP contribution < -0.4 is 14.8 Å². The number of nitrogens with zero attached hydrogens (tertiary/aromatic N) is 1. The quantitative estimate of drug-likeness (QED) is 0.907. The second kappa shape index (κ2) is 7.31. The van der Waals surface area contributed by atoms with Gasteiger partial charge in [0.15, 0.2) is 11.5 Å². The minimum atomic E-state index is -0.316. The van der Waals surface area contributed by atoms with Gasteiger partial charge >= 0.3 is 0 Å². The number of likely N-dealkylation sites (tertiary alicyclic amines) is 1. The Labute approximate surface area is 158 Å². The van der Waals surface area contributed by atoms with E-state index in [-0.39, 0.29) is 23.8 Å². The van der Waals surface area contributed by atoms with Gasteiger partial charge in [0.1, 0.15) is 13.2 Å². The van der Waals surface area contributed by atoms with Crippen molar-refractivity contribution in [2.75, 3.05) is 25.6 Å². The number of hydrogen-bond donors (Lipinski definition) is 1. The van der Waals surface area contributed by atoms with Crippen molar-refractivity contribution in [1.82, 2.24) is 4.90 Å². The highest BCUT2D eigenvalue weighted by atomic mass is 16.6. The largest absolute Gasteiger partial charge is 0.486 e. The Hall–Kier alpha value is -3.02. The molecule has 140 valence electrons. The monoisotopic (exact) mass is 366 g/mol. The average molecular weight is 366 g/mol. The third-order valence-corrected chi connectivity index (χ3v) is 5.15. The molecule has 2 aromatic rings. The van der Waals surface area contributed by atoms with E-state index in [1.807, 2.05) is 30.3 Å². The summed E-state index contributed by atoms with van der Waals surface area (Å²) in [6.07, 6.45) is 0.901. The zero-order valence-corrected chi connectivity index (χ0v) is 15.2. The molecule has 1 saturated heterocycles. The number of hydrogen-bond acceptors (Lipinski definition) is 4. The Morgan fingerprint density at radius 3 is 2.59 bits per heavy atom. The number of amides is 2. The van der Waals surface area contributed by atoms with Gasteiger partial charge in [-0.15, -0.1) is 0 Å². The van der Waals surface area contributed by atoms with Gasteiger partial charge in [-0.2, -0.15) is 0 Å². The van der Waals surface area contributed by atoms with Crippen molar-refractivity contribution in [3.8, 4) is 11.5 Å². The Morgan fingerprint density at radius 2 is 1.81 bits per heavy atom. The molecule has 2 atom stereocenters. The second-order valence-corrected chi connectivity index (χ2v) is 6.85. The molecule has 2 aliphatic rings. The standard InChI is InChI=1S/C21H22N2O4/c1-23-19(24)10-8-16(20(23)14-5-3-2-4-6-14)21(25)22-15-7-9-17-18(13-15)27-12-11-26-17/h2-7,9,13,16,20H,8,10-12H2,1H3,(H,22,25)/t16-,20-/m0/s1. The van der Waals surface area contributed by atoms with Crippen LogP contribution in [0.4, 0.5) is 5.69 Å². The molecule has 0 aliphatic carbocycles. The normalized spacial score (nSPS) is 21.7. The van der Waals surface area contributed by atoms with Crippen LogP contribution in [0.25, 0.3) is 0 Å². The molecule has 27 heavy (non-hydrogen) atoms. The molecule has 0 bridgehead atoms. The predicted octanol–water partition coefficient (Wildman–Crippen LogP) is 3.01. The van der Waals surface area contributed by atoms with Gasteiger partial charge in [0.25, 0.3) is 0 Å². The van der Waals surface area contributed by atoms with Gasteiger partial charge < -0.3 is 19.7 Å². The van der Waals surface area contributed by atoms with Gasteiger partial charge in [0.05, 0.1) is 12.0 Å². The van der Waals surface area contributed by atoms with E-state index < -0.39 is 0 Å². The fraction of sp³-hybridized carbons (Fsp3) is 0.333. The Balaban J connectivity index is 1.57. The SMILES string of the molecule is CN1C(=O)CC[C@H](C(=O)Nc2ccc3c(c2)OCCO3)[C@@H]1c1ccccc1. The number of rotatable bonds is 3. The number of benzene rings is 2. The summed E-state index contributed by atoms with van der Waals surface area (Å²) in [6.45, 7) is 1.02. The minimum absolute atomic E-state index is 0.0623. The molecule has 1 fully saturated rings. The van der Waals surface area contributed by atoms with Crippen LogP contribution >= 0.6 is 0 Å². The van der Waals surface area contributed by atoms with E-state index in [4.69, 9.17) is 9.47 Å². The van der Waals surface area contributed by atoms with Gasteiger partial charge in [-0.1, -0.05) is 30.3 Å². The third-order valence-electron chi connectivity index (χ3n) is 5.15. The minimum Gasteiger partial charge on any atom is -0.486 e. The maximum Gasteiger partial charge on any atom is 0.229 e. The van der Waals surface area contributed by atoms with E-state index >= 15 is 0 Å². The van der Waals surface area contributed by atoms with Crippen LogP contribution in [0.3, 0.4) is 0 Å². The maximum atomic E-state index is 13.1. The van der Waals surface area contributed by atoms with E-state index in [1.54, 1.807) is 30.1 Å². The Morgan fingerprint density at radius 1 is 1.07 bits per heavy atom. The molecule has 0 saturated carbocycles. The van der Waals surface area contributed by atoms with Crippen LogP contribution in [0.5, 0.6) is 11.5 Å². The predicted molar refractivity (Wildman–Crippen MR) is 101 cm³/mol. The molecule has 0 radical (unpaired) electrons. The summed E-state index contributed by atoms with van der Waals surface area (Å²) in [5, 5.41) is 2.98. The summed E-state index contributed by atoms with van der Waals surface area (Å²) in [5.74, 6) is 0.967. The lowest BCUT2D eigenvalue weighted by Gasteiger charge is -2.38. The lowest BCUT2D eigenvalue weighted by atomic mass is 9.84. The van der Waals surface area contributed by atoms with Gasteiger partial charge in [-0.3, -0.25) is 9.59 Å². The number of carbonyl (C=O) groups is 2. The zero-order chi connectivity index (χ0) is 18.8. The fourth-order valence-electron chi connectivity index (χ4n) is 3.77. The van der Waals surface area contributed by atoms with Gasteiger partial charge in [0, 0.05) is 25.2 Å². The van der Waals surface area contributed by atoms with Crippen LogP contribution in [0.1, 0.15) is 24.4 Å². The highest BCUT2D eigenvalue weighted by Crippen LogP contribution is 2.37. The van der Waals surface area contributed by atoms with Crippen molar-refractivity contribution < 1.29 is 19.1 Å². The molecule has 2 aliphatic heterocycles. The summed E-state index contributed by atoms with van der Waals surface area (Å²) in [7, 11) is 1.77. The van der Waals surface area contributed by atoms with Crippen molar-refractivity contribution in [2.24, 2.45) is 5.92 Å². The second-order valence-electron chi connectivity index (χ2n) is 6.85. The molecule has 2 heterocycles. The highest BCUT2D eigenvalue weighted by Gasteiger charge is 2.38. The average Bonchev–Trinajstić information content (AvgIpc) is 2.70. The number of anilines is 1. The number of nitrogens with one attached hydrogen (secondary N) is 1.